The molecular formula is C13H13BrN2O3S2. The number of hydrogen-bond donors (Lipinski definition) is 2. The van der Waals surface area contributed by atoms with E-state index < -0.39 is 10.0 Å². The molecule has 8 heteroatoms. The van der Waals surface area contributed by atoms with E-state index in [9.17, 15) is 13.2 Å². The molecule has 1 aromatic heterocycles. The van der Waals surface area contributed by atoms with Gasteiger partial charge < -0.3 is 5.32 Å². The Hall–Kier alpha value is -1.38. The van der Waals surface area contributed by atoms with Gasteiger partial charge in [0.05, 0.1) is 3.79 Å². The summed E-state index contributed by atoms with van der Waals surface area (Å²) in [6.07, 6.45) is 0. The second-order valence-corrected chi connectivity index (χ2v) is 8.48. The highest BCUT2D eigenvalue weighted by atomic mass is 79.9. The second kappa shape index (κ2) is 6.59. The third-order valence-corrected chi connectivity index (χ3v) is 6.02. The predicted octanol–water partition coefficient (Wildman–Crippen LogP) is 3.06. The summed E-state index contributed by atoms with van der Waals surface area (Å²) < 4.78 is 27.8. The summed E-state index contributed by atoms with van der Waals surface area (Å²) in [5.74, 6) is -0.239. The number of anilines is 1. The van der Waals surface area contributed by atoms with E-state index >= 15 is 0 Å². The van der Waals surface area contributed by atoms with Crippen LogP contribution in [0.3, 0.4) is 0 Å². The molecule has 112 valence electrons. The zero-order chi connectivity index (χ0) is 15.5. The molecule has 5 nitrogen and oxygen atoms in total. The normalized spacial score (nSPS) is 11.1. The van der Waals surface area contributed by atoms with E-state index in [0.29, 0.717) is 17.8 Å². The van der Waals surface area contributed by atoms with E-state index in [1.54, 1.807) is 24.3 Å². The fourth-order valence-corrected chi connectivity index (χ4v) is 4.69. The Kier molecular flexibility index (Phi) is 5.02. The van der Waals surface area contributed by atoms with Crippen LogP contribution in [0.4, 0.5) is 5.69 Å². The number of carbonyl (C=O) groups excluding carboxylic acids is 1. The van der Waals surface area contributed by atoms with Crippen LogP contribution in [0.2, 0.25) is 0 Å². The maximum atomic E-state index is 12.2. The third kappa shape index (κ3) is 4.05. The maximum Gasteiger partial charge on any atom is 0.271 e. The van der Waals surface area contributed by atoms with Crippen LogP contribution in [-0.4, -0.2) is 20.9 Å². The van der Waals surface area contributed by atoms with E-state index in [1.165, 1.54) is 12.1 Å². The lowest BCUT2D eigenvalue weighted by molar-refractivity contribution is 0.0956. The summed E-state index contributed by atoms with van der Waals surface area (Å²) >= 11 is 4.35. The van der Waals surface area contributed by atoms with E-state index in [1.807, 2.05) is 6.92 Å². The number of hydrogen-bond acceptors (Lipinski definition) is 4. The Morgan fingerprint density at radius 1 is 1.29 bits per heavy atom. The molecule has 2 rings (SSSR count). The molecule has 1 amide bonds. The van der Waals surface area contributed by atoms with Crippen molar-refractivity contribution in [2.45, 2.75) is 11.1 Å². The number of nitrogens with one attached hydrogen (secondary N) is 2. The number of thiophene rings is 1. The van der Waals surface area contributed by atoms with Crippen molar-refractivity contribution < 1.29 is 13.2 Å². The Morgan fingerprint density at radius 3 is 2.67 bits per heavy atom. The smallest absolute Gasteiger partial charge is 0.271 e. The van der Waals surface area contributed by atoms with Crippen LogP contribution in [0.25, 0.3) is 0 Å². The molecule has 0 radical (unpaired) electrons. The number of carbonyl (C=O) groups is 1. The van der Waals surface area contributed by atoms with Crippen molar-refractivity contribution in [2.75, 3.05) is 11.3 Å². The van der Waals surface area contributed by atoms with Gasteiger partial charge in [-0.15, -0.1) is 11.3 Å². The van der Waals surface area contributed by atoms with Crippen LogP contribution in [0, 0.1) is 0 Å². The minimum absolute atomic E-state index is 0.206. The van der Waals surface area contributed by atoms with Gasteiger partial charge in [0.15, 0.2) is 0 Å². The highest BCUT2D eigenvalue weighted by molar-refractivity contribution is 9.11. The lowest BCUT2D eigenvalue weighted by Crippen LogP contribution is -2.22. The van der Waals surface area contributed by atoms with Crippen molar-refractivity contribution in [3.05, 3.63) is 45.7 Å². The largest absolute Gasteiger partial charge is 0.352 e. The van der Waals surface area contributed by atoms with E-state index in [4.69, 9.17) is 0 Å². The summed E-state index contributed by atoms with van der Waals surface area (Å²) in [6.45, 7) is 2.33. The molecule has 1 aromatic carbocycles. The molecule has 0 fully saturated rings. The van der Waals surface area contributed by atoms with Crippen LogP contribution in [-0.2, 0) is 10.0 Å². The molecule has 0 aliphatic heterocycles. The summed E-state index contributed by atoms with van der Waals surface area (Å²) in [5.41, 5.74) is 0.757. The maximum absolute atomic E-state index is 12.2. The van der Waals surface area contributed by atoms with Gasteiger partial charge in [0.2, 0.25) is 0 Å². The van der Waals surface area contributed by atoms with Crippen molar-refractivity contribution in [1.29, 1.82) is 0 Å². The van der Waals surface area contributed by atoms with Gasteiger partial charge in [-0.1, -0.05) is 6.07 Å². The first-order valence-corrected chi connectivity index (χ1v) is 9.18. The van der Waals surface area contributed by atoms with Gasteiger partial charge in [0.1, 0.15) is 4.21 Å². The highest BCUT2D eigenvalue weighted by Crippen LogP contribution is 2.27. The molecule has 0 saturated carbocycles. The molecule has 2 aromatic rings. The summed E-state index contributed by atoms with van der Waals surface area (Å²) in [5, 5.41) is 2.67. The first-order valence-electron chi connectivity index (χ1n) is 6.09. The van der Waals surface area contributed by atoms with Crippen molar-refractivity contribution in [2.24, 2.45) is 0 Å². The average molecular weight is 389 g/mol. The van der Waals surface area contributed by atoms with Crippen molar-refractivity contribution in [1.82, 2.24) is 5.32 Å². The first-order chi connectivity index (χ1) is 9.92. The molecular weight excluding hydrogens is 376 g/mol. The molecule has 0 atom stereocenters. The summed E-state index contributed by atoms with van der Waals surface area (Å²) in [6, 6.07) is 9.56. The van der Waals surface area contributed by atoms with Crippen LogP contribution in [0.5, 0.6) is 0 Å². The SMILES string of the molecule is CCNC(=O)c1cccc(NS(=O)(=O)c2ccc(Br)s2)c1. The Balaban J connectivity index is 2.24. The third-order valence-electron chi connectivity index (χ3n) is 2.53. The van der Waals surface area contributed by atoms with Gasteiger partial charge in [-0.25, -0.2) is 8.42 Å². The van der Waals surface area contributed by atoms with Crippen LogP contribution >= 0.6 is 27.3 Å². The molecule has 1 heterocycles. The molecule has 0 aliphatic rings. The lowest BCUT2D eigenvalue weighted by Gasteiger charge is -2.08. The van der Waals surface area contributed by atoms with E-state index in [-0.39, 0.29) is 10.1 Å². The molecule has 0 unspecified atom stereocenters. The summed E-state index contributed by atoms with van der Waals surface area (Å²) in [7, 11) is -3.64. The van der Waals surface area contributed by atoms with Crippen LogP contribution in [0.15, 0.2) is 44.4 Å². The second-order valence-electron chi connectivity index (χ2n) is 4.10. The fourth-order valence-electron chi connectivity index (χ4n) is 1.63. The molecule has 21 heavy (non-hydrogen) atoms. The molecule has 0 spiro atoms. The number of halogens is 1. The van der Waals surface area contributed by atoms with Crippen molar-refractivity contribution in [3.63, 3.8) is 0 Å². The van der Waals surface area contributed by atoms with Gasteiger partial charge in [-0.3, -0.25) is 9.52 Å². The van der Waals surface area contributed by atoms with E-state index in [0.717, 1.165) is 15.1 Å². The van der Waals surface area contributed by atoms with Gasteiger partial charge in [-0.2, -0.15) is 0 Å². The molecule has 0 aliphatic carbocycles. The fraction of sp³-hybridized carbons (Fsp3) is 0.154. The Labute approximate surface area is 135 Å². The Morgan fingerprint density at radius 2 is 2.05 bits per heavy atom. The first kappa shape index (κ1) is 16.0. The van der Waals surface area contributed by atoms with Crippen LogP contribution in [0.1, 0.15) is 17.3 Å². The predicted molar refractivity (Wildman–Crippen MR) is 87.3 cm³/mol. The Bertz CT molecular complexity index is 756. The number of rotatable bonds is 5. The van der Waals surface area contributed by atoms with Gasteiger partial charge in [0, 0.05) is 17.8 Å². The zero-order valence-electron chi connectivity index (χ0n) is 11.1. The lowest BCUT2D eigenvalue weighted by atomic mass is 10.2. The number of amides is 1. The number of benzene rings is 1. The quantitative estimate of drug-likeness (QED) is 0.826. The molecule has 2 N–H and O–H groups in total. The van der Waals surface area contributed by atoms with Gasteiger partial charge in [0.25, 0.3) is 15.9 Å². The van der Waals surface area contributed by atoms with Gasteiger partial charge >= 0.3 is 0 Å². The zero-order valence-corrected chi connectivity index (χ0v) is 14.3. The minimum atomic E-state index is -3.64. The average Bonchev–Trinajstić information content (AvgIpc) is 2.86. The van der Waals surface area contributed by atoms with E-state index in [2.05, 4.69) is 26.0 Å². The minimum Gasteiger partial charge on any atom is -0.352 e. The van der Waals surface area contributed by atoms with Crippen molar-refractivity contribution >= 4 is 48.9 Å². The van der Waals surface area contributed by atoms with Crippen LogP contribution < -0.4 is 10.0 Å². The molecule has 0 bridgehead atoms. The standard InChI is InChI=1S/C13H13BrN2O3S2/c1-2-15-13(17)9-4-3-5-10(8-9)16-21(18,19)12-7-6-11(14)20-12/h3-8,16H,2H2,1H3,(H,15,17). The number of sulfonamides is 1. The van der Waals surface area contributed by atoms with Gasteiger partial charge in [-0.05, 0) is 53.2 Å². The highest BCUT2D eigenvalue weighted by Gasteiger charge is 2.17. The topological polar surface area (TPSA) is 75.3 Å². The molecule has 0 saturated heterocycles. The van der Waals surface area contributed by atoms with Crippen molar-refractivity contribution in [3.8, 4) is 0 Å². The summed E-state index contributed by atoms with van der Waals surface area (Å²) in [4.78, 5) is 11.7. The monoisotopic (exact) mass is 388 g/mol.